The maximum atomic E-state index is 5.85. The molecule has 0 amide bonds. The van der Waals surface area contributed by atoms with Gasteiger partial charge >= 0.3 is 0 Å². The van der Waals surface area contributed by atoms with Gasteiger partial charge in [0, 0.05) is 19.3 Å². The van der Waals surface area contributed by atoms with E-state index >= 15 is 0 Å². The largest absolute Gasteiger partial charge is 0.366 e. The first-order chi connectivity index (χ1) is 7.33. The molecule has 3 rings (SSSR count). The molecule has 1 saturated heterocycles. The van der Waals surface area contributed by atoms with Gasteiger partial charge in [0.05, 0.1) is 17.8 Å². The lowest BCUT2D eigenvalue weighted by Gasteiger charge is -2.27. The summed E-state index contributed by atoms with van der Waals surface area (Å²) in [5.74, 6) is 0. The molecular weight excluding hydrogens is 190 g/mol. The van der Waals surface area contributed by atoms with Crippen molar-refractivity contribution in [2.75, 3.05) is 13.1 Å². The summed E-state index contributed by atoms with van der Waals surface area (Å²) in [6.45, 7) is 3.92. The Bertz CT molecular complexity index is 345. The fraction of sp³-hybridized carbons (Fsp3) is 0.727. The lowest BCUT2D eigenvalue weighted by molar-refractivity contribution is -0.0311. The van der Waals surface area contributed by atoms with Gasteiger partial charge in [-0.1, -0.05) is 0 Å². The Labute approximate surface area is 89.6 Å². The summed E-state index contributed by atoms with van der Waals surface area (Å²) < 4.78 is 7.93. The van der Waals surface area contributed by atoms with Crippen molar-refractivity contribution >= 4 is 0 Å². The molecule has 2 fully saturated rings. The molecule has 1 aromatic heterocycles. The van der Waals surface area contributed by atoms with Gasteiger partial charge in [-0.25, -0.2) is 0 Å². The van der Waals surface area contributed by atoms with E-state index in [0.29, 0.717) is 6.04 Å². The monoisotopic (exact) mass is 207 g/mol. The molecule has 2 aliphatic rings. The van der Waals surface area contributed by atoms with E-state index in [-0.39, 0.29) is 12.2 Å². The molecule has 1 saturated carbocycles. The lowest BCUT2D eigenvalue weighted by Crippen LogP contribution is -2.39. The SMILES string of the molecule is CC1CNC[C@H](c2ccn(C3CC3)n2)O1. The summed E-state index contributed by atoms with van der Waals surface area (Å²) in [5, 5.41) is 7.94. The quantitative estimate of drug-likeness (QED) is 0.793. The zero-order valence-electron chi connectivity index (χ0n) is 9.02. The van der Waals surface area contributed by atoms with Gasteiger partial charge in [0.1, 0.15) is 6.10 Å². The smallest absolute Gasteiger partial charge is 0.114 e. The summed E-state index contributed by atoms with van der Waals surface area (Å²) in [6.07, 6.45) is 5.06. The first-order valence-corrected chi connectivity index (χ1v) is 5.74. The molecule has 0 spiro atoms. The fourth-order valence-corrected chi connectivity index (χ4v) is 2.04. The van der Waals surface area contributed by atoms with Crippen molar-refractivity contribution in [3.63, 3.8) is 0 Å². The van der Waals surface area contributed by atoms with Crippen LogP contribution in [0.15, 0.2) is 12.3 Å². The van der Waals surface area contributed by atoms with Crippen molar-refractivity contribution < 1.29 is 4.74 Å². The molecule has 0 radical (unpaired) electrons. The maximum absolute atomic E-state index is 5.85. The summed E-state index contributed by atoms with van der Waals surface area (Å²) in [6, 6.07) is 2.75. The number of ether oxygens (including phenoxy) is 1. The average Bonchev–Trinajstić information content (AvgIpc) is 2.97. The minimum atomic E-state index is 0.133. The molecule has 4 nitrogen and oxygen atoms in total. The normalized spacial score (nSPS) is 31.8. The predicted molar refractivity (Wildman–Crippen MR) is 56.7 cm³/mol. The Kier molecular flexibility index (Phi) is 2.25. The molecule has 15 heavy (non-hydrogen) atoms. The van der Waals surface area contributed by atoms with Crippen LogP contribution in [0.2, 0.25) is 0 Å². The molecule has 1 aromatic rings. The van der Waals surface area contributed by atoms with E-state index in [1.165, 1.54) is 12.8 Å². The van der Waals surface area contributed by atoms with E-state index in [0.717, 1.165) is 18.8 Å². The summed E-state index contributed by atoms with van der Waals surface area (Å²) in [7, 11) is 0. The zero-order chi connectivity index (χ0) is 10.3. The Morgan fingerprint density at radius 3 is 3.07 bits per heavy atom. The number of hydrogen-bond donors (Lipinski definition) is 1. The molecule has 1 aliphatic heterocycles. The Balaban J connectivity index is 1.73. The van der Waals surface area contributed by atoms with Crippen molar-refractivity contribution in [1.29, 1.82) is 0 Å². The number of nitrogens with one attached hydrogen (secondary N) is 1. The van der Waals surface area contributed by atoms with Crippen molar-refractivity contribution in [2.45, 2.75) is 38.0 Å². The number of morpholine rings is 1. The molecule has 2 atom stereocenters. The summed E-state index contributed by atoms with van der Waals surface area (Å²) >= 11 is 0. The number of hydrogen-bond acceptors (Lipinski definition) is 3. The number of rotatable bonds is 2. The van der Waals surface area contributed by atoms with E-state index in [1.807, 2.05) is 0 Å². The Hall–Kier alpha value is -0.870. The summed E-state index contributed by atoms with van der Waals surface area (Å²) in [4.78, 5) is 0. The zero-order valence-corrected chi connectivity index (χ0v) is 9.02. The van der Waals surface area contributed by atoms with Crippen LogP contribution in [0.3, 0.4) is 0 Å². The van der Waals surface area contributed by atoms with Crippen LogP contribution in [0, 0.1) is 0 Å². The third-order valence-electron chi connectivity index (χ3n) is 3.04. The van der Waals surface area contributed by atoms with Crippen molar-refractivity contribution in [3.05, 3.63) is 18.0 Å². The van der Waals surface area contributed by atoms with Crippen LogP contribution in [0.25, 0.3) is 0 Å². The Morgan fingerprint density at radius 2 is 2.33 bits per heavy atom. The second-order valence-electron chi connectivity index (χ2n) is 4.55. The van der Waals surface area contributed by atoms with E-state index in [9.17, 15) is 0 Å². The standard InChI is InChI=1S/C11H17N3O/c1-8-6-12-7-11(15-8)10-4-5-14(13-10)9-2-3-9/h4-5,8-9,11-12H,2-3,6-7H2,1H3/t8?,11-/m1/s1. The van der Waals surface area contributed by atoms with Crippen LogP contribution in [0.4, 0.5) is 0 Å². The van der Waals surface area contributed by atoms with Gasteiger partial charge in [-0.05, 0) is 25.8 Å². The van der Waals surface area contributed by atoms with Crippen LogP contribution < -0.4 is 5.32 Å². The second-order valence-corrected chi connectivity index (χ2v) is 4.55. The van der Waals surface area contributed by atoms with Gasteiger partial charge in [0.2, 0.25) is 0 Å². The molecule has 0 bridgehead atoms. The van der Waals surface area contributed by atoms with Crippen LogP contribution in [-0.4, -0.2) is 29.0 Å². The van der Waals surface area contributed by atoms with Gasteiger partial charge in [-0.2, -0.15) is 5.10 Å². The lowest BCUT2D eigenvalue weighted by atomic mass is 10.2. The van der Waals surface area contributed by atoms with Gasteiger partial charge in [0.25, 0.3) is 0 Å². The highest BCUT2D eigenvalue weighted by Gasteiger charge is 2.27. The molecule has 2 heterocycles. The van der Waals surface area contributed by atoms with Gasteiger partial charge in [-0.3, -0.25) is 4.68 Å². The van der Waals surface area contributed by atoms with E-state index in [4.69, 9.17) is 4.74 Å². The Morgan fingerprint density at radius 1 is 1.47 bits per heavy atom. The number of nitrogens with zero attached hydrogens (tertiary/aromatic N) is 2. The second kappa shape index (κ2) is 3.61. The number of aromatic nitrogens is 2. The van der Waals surface area contributed by atoms with Crippen molar-refractivity contribution in [3.8, 4) is 0 Å². The van der Waals surface area contributed by atoms with Crippen LogP contribution >= 0.6 is 0 Å². The van der Waals surface area contributed by atoms with Crippen LogP contribution in [-0.2, 0) is 4.74 Å². The van der Waals surface area contributed by atoms with E-state index in [2.05, 4.69) is 34.3 Å². The topological polar surface area (TPSA) is 39.1 Å². The fourth-order valence-electron chi connectivity index (χ4n) is 2.04. The van der Waals surface area contributed by atoms with Crippen LogP contribution in [0.1, 0.15) is 37.6 Å². The first-order valence-electron chi connectivity index (χ1n) is 5.74. The third-order valence-corrected chi connectivity index (χ3v) is 3.04. The van der Waals surface area contributed by atoms with E-state index < -0.39 is 0 Å². The van der Waals surface area contributed by atoms with Crippen LogP contribution in [0.5, 0.6) is 0 Å². The van der Waals surface area contributed by atoms with Gasteiger partial charge in [-0.15, -0.1) is 0 Å². The van der Waals surface area contributed by atoms with Crippen molar-refractivity contribution in [2.24, 2.45) is 0 Å². The summed E-state index contributed by atoms with van der Waals surface area (Å²) in [5.41, 5.74) is 1.07. The van der Waals surface area contributed by atoms with Gasteiger partial charge in [0.15, 0.2) is 0 Å². The van der Waals surface area contributed by atoms with Gasteiger partial charge < -0.3 is 10.1 Å². The minimum Gasteiger partial charge on any atom is -0.366 e. The highest BCUT2D eigenvalue weighted by molar-refractivity contribution is 5.06. The van der Waals surface area contributed by atoms with E-state index in [1.54, 1.807) is 0 Å². The first kappa shape index (κ1) is 9.36. The highest BCUT2D eigenvalue weighted by Crippen LogP contribution is 2.34. The maximum Gasteiger partial charge on any atom is 0.114 e. The average molecular weight is 207 g/mol. The third kappa shape index (κ3) is 1.92. The highest BCUT2D eigenvalue weighted by atomic mass is 16.5. The molecule has 82 valence electrons. The molecule has 1 N–H and O–H groups in total. The molecule has 0 aromatic carbocycles. The molecule has 1 unspecified atom stereocenters. The molecule has 1 aliphatic carbocycles. The predicted octanol–water partition coefficient (Wildman–Crippen LogP) is 1.27. The molecular formula is C11H17N3O. The minimum absolute atomic E-state index is 0.133. The van der Waals surface area contributed by atoms with Crippen molar-refractivity contribution in [1.82, 2.24) is 15.1 Å². The molecule has 4 heteroatoms.